The maximum absolute atomic E-state index is 11.1. The number of carboxylic acids is 1. The minimum absolute atomic E-state index is 0.0191. The van der Waals surface area contributed by atoms with E-state index in [0.717, 1.165) is 0 Å². The third-order valence-electron chi connectivity index (χ3n) is 2.59. The number of carbonyl (C=O) groups excluding carboxylic acids is 1. The average molecular weight is 295 g/mol. The van der Waals surface area contributed by atoms with E-state index in [2.05, 4.69) is 15.3 Å². The molecule has 0 bridgehead atoms. The van der Waals surface area contributed by atoms with E-state index >= 15 is 0 Å². The summed E-state index contributed by atoms with van der Waals surface area (Å²) in [6, 6.07) is 5.79. The third-order valence-corrected chi connectivity index (χ3v) is 2.76. The largest absolute Gasteiger partial charge is 0.480 e. The van der Waals surface area contributed by atoms with E-state index in [0.29, 0.717) is 10.9 Å². The first-order chi connectivity index (χ1) is 9.47. The number of amides is 1. The summed E-state index contributed by atoms with van der Waals surface area (Å²) in [6.07, 6.45) is -0.356. The normalized spacial score (nSPS) is 12.1. The average Bonchev–Trinajstić information content (AvgIpc) is 2.37. The fourth-order valence-corrected chi connectivity index (χ4v) is 1.90. The Morgan fingerprint density at radius 3 is 2.70 bits per heavy atom. The lowest BCUT2D eigenvalue weighted by molar-refractivity contribution is -0.139. The Hall–Kier alpha value is -2.41. The molecule has 0 saturated heterocycles. The van der Waals surface area contributed by atoms with Crippen molar-refractivity contribution in [2.24, 2.45) is 5.73 Å². The van der Waals surface area contributed by atoms with Crippen LogP contribution in [-0.2, 0) is 9.59 Å². The third kappa shape index (κ3) is 3.12. The molecule has 0 aliphatic rings. The number of aromatic nitrogens is 2. The highest BCUT2D eigenvalue weighted by atomic mass is 35.5. The maximum Gasteiger partial charge on any atom is 0.326 e. The number of carbonyl (C=O) groups is 2. The second-order valence-electron chi connectivity index (χ2n) is 4.06. The number of carboxylic acid groups (broad SMARTS) is 1. The molecule has 0 saturated carbocycles. The van der Waals surface area contributed by atoms with Gasteiger partial charge in [-0.15, -0.1) is 0 Å². The molecule has 0 aliphatic heterocycles. The van der Waals surface area contributed by atoms with Crippen LogP contribution in [0, 0.1) is 0 Å². The Bertz CT molecular complexity index is 677. The monoisotopic (exact) mass is 294 g/mol. The van der Waals surface area contributed by atoms with Crippen molar-refractivity contribution in [1.29, 1.82) is 0 Å². The Balaban J connectivity index is 2.41. The highest BCUT2D eigenvalue weighted by molar-refractivity contribution is 6.28. The number of hydrogen-bond acceptors (Lipinski definition) is 5. The van der Waals surface area contributed by atoms with Gasteiger partial charge in [0.05, 0.1) is 11.9 Å². The number of primary amides is 1. The molecule has 0 spiro atoms. The Kier molecular flexibility index (Phi) is 3.99. The molecule has 1 heterocycles. The fraction of sp³-hybridized carbons (Fsp3) is 0.167. The van der Waals surface area contributed by atoms with Crippen molar-refractivity contribution < 1.29 is 14.7 Å². The fourth-order valence-electron chi connectivity index (χ4n) is 1.72. The molecular formula is C12H11ClN4O3. The minimum Gasteiger partial charge on any atom is -0.480 e. The molecule has 2 rings (SSSR count). The van der Waals surface area contributed by atoms with Crippen molar-refractivity contribution in [3.63, 3.8) is 0 Å². The van der Waals surface area contributed by atoms with Crippen LogP contribution in [0.5, 0.6) is 0 Å². The lowest BCUT2D eigenvalue weighted by Gasteiger charge is -2.15. The van der Waals surface area contributed by atoms with Gasteiger partial charge in [0.15, 0.2) is 0 Å². The van der Waals surface area contributed by atoms with Crippen molar-refractivity contribution in [3.05, 3.63) is 29.5 Å². The maximum atomic E-state index is 11.1. The molecule has 0 aliphatic carbocycles. The lowest BCUT2D eigenvalue weighted by Crippen LogP contribution is -2.34. The standard InChI is InChI=1S/C12H11ClN4O3/c13-12-16-7-4-2-1-3-6(7)10(17-12)15-8(11(19)20)5-9(14)18/h1-4,8H,5H2,(H2,14,18)(H,19,20)(H,15,16,17). The van der Waals surface area contributed by atoms with E-state index in [1.165, 1.54) is 0 Å². The number of anilines is 1. The summed E-state index contributed by atoms with van der Waals surface area (Å²) in [5.41, 5.74) is 5.59. The molecule has 2 aromatic rings. The summed E-state index contributed by atoms with van der Waals surface area (Å²) in [7, 11) is 0. The Morgan fingerprint density at radius 1 is 1.35 bits per heavy atom. The second kappa shape index (κ2) is 5.70. The van der Waals surface area contributed by atoms with E-state index in [1.807, 2.05) is 0 Å². The molecule has 1 aromatic heterocycles. The highest BCUT2D eigenvalue weighted by Gasteiger charge is 2.21. The van der Waals surface area contributed by atoms with Gasteiger partial charge in [0, 0.05) is 5.39 Å². The summed E-state index contributed by atoms with van der Waals surface area (Å²) in [4.78, 5) is 30.0. The highest BCUT2D eigenvalue weighted by Crippen LogP contribution is 2.22. The van der Waals surface area contributed by atoms with Gasteiger partial charge in [-0.3, -0.25) is 4.79 Å². The first-order valence-electron chi connectivity index (χ1n) is 5.67. The number of nitrogens with zero attached hydrogens (tertiary/aromatic N) is 2. The van der Waals surface area contributed by atoms with E-state index in [-0.39, 0.29) is 17.5 Å². The van der Waals surface area contributed by atoms with E-state index in [4.69, 9.17) is 22.4 Å². The molecule has 7 nitrogen and oxygen atoms in total. The van der Waals surface area contributed by atoms with Crippen LogP contribution in [0.3, 0.4) is 0 Å². The number of rotatable bonds is 5. The van der Waals surface area contributed by atoms with Gasteiger partial charge in [-0.1, -0.05) is 12.1 Å². The molecule has 0 radical (unpaired) electrons. The van der Waals surface area contributed by atoms with Crippen LogP contribution in [0.1, 0.15) is 6.42 Å². The van der Waals surface area contributed by atoms with Crippen LogP contribution in [0.4, 0.5) is 5.82 Å². The zero-order chi connectivity index (χ0) is 14.7. The Morgan fingerprint density at radius 2 is 2.05 bits per heavy atom. The SMILES string of the molecule is NC(=O)CC(Nc1nc(Cl)nc2ccccc12)C(=O)O. The smallest absolute Gasteiger partial charge is 0.326 e. The van der Waals surface area contributed by atoms with Gasteiger partial charge in [-0.05, 0) is 23.7 Å². The zero-order valence-corrected chi connectivity index (χ0v) is 11.0. The lowest BCUT2D eigenvalue weighted by atomic mass is 10.2. The van der Waals surface area contributed by atoms with Crippen LogP contribution in [0.25, 0.3) is 10.9 Å². The van der Waals surface area contributed by atoms with Crippen LogP contribution in [0.2, 0.25) is 5.28 Å². The number of fused-ring (bicyclic) bond motifs is 1. The van der Waals surface area contributed by atoms with Crippen LogP contribution in [0.15, 0.2) is 24.3 Å². The first-order valence-corrected chi connectivity index (χ1v) is 6.05. The van der Waals surface area contributed by atoms with Crippen molar-refractivity contribution in [2.45, 2.75) is 12.5 Å². The van der Waals surface area contributed by atoms with Gasteiger partial charge in [0.2, 0.25) is 11.2 Å². The summed E-state index contributed by atoms with van der Waals surface area (Å²) >= 11 is 5.79. The molecule has 8 heteroatoms. The van der Waals surface area contributed by atoms with Crippen molar-refractivity contribution >= 4 is 40.2 Å². The van der Waals surface area contributed by atoms with Crippen LogP contribution >= 0.6 is 11.6 Å². The van der Waals surface area contributed by atoms with Crippen LogP contribution < -0.4 is 11.1 Å². The molecule has 0 fully saturated rings. The summed E-state index contributed by atoms with van der Waals surface area (Å²) in [6.45, 7) is 0. The number of hydrogen-bond donors (Lipinski definition) is 3. The molecule has 104 valence electrons. The van der Waals surface area contributed by atoms with Crippen molar-refractivity contribution in [2.75, 3.05) is 5.32 Å². The van der Waals surface area contributed by atoms with Crippen molar-refractivity contribution in [3.8, 4) is 0 Å². The van der Waals surface area contributed by atoms with Crippen molar-refractivity contribution in [1.82, 2.24) is 9.97 Å². The van der Waals surface area contributed by atoms with Gasteiger partial charge >= 0.3 is 5.97 Å². The summed E-state index contributed by atoms with van der Waals surface area (Å²) in [5, 5.41) is 12.3. The quantitative estimate of drug-likeness (QED) is 0.709. The van der Waals surface area contributed by atoms with E-state index in [1.54, 1.807) is 24.3 Å². The van der Waals surface area contributed by atoms with Gasteiger partial charge in [-0.25, -0.2) is 14.8 Å². The molecule has 1 atom stereocenters. The zero-order valence-electron chi connectivity index (χ0n) is 10.2. The van der Waals surface area contributed by atoms with Gasteiger partial charge < -0.3 is 16.2 Å². The van der Waals surface area contributed by atoms with E-state index in [9.17, 15) is 9.59 Å². The van der Waals surface area contributed by atoms with Gasteiger partial charge in [0.25, 0.3) is 0 Å². The number of nitrogens with one attached hydrogen (secondary N) is 1. The first kappa shape index (κ1) is 14.0. The molecule has 1 unspecified atom stereocenters. The van der Waals surface area contributed by atoms with Gasteiger partial charge in [-0.2, -0.15) is 0 Å². The van der Waals surface area contributed by atoms with Gasteiger partial charge in [0.1, 0.15) is 11.9 Å². The number of halogens is 1. The number of nitrogens with two attached hydrogens (primary N) is 1. The molecule has 1 amide bonds. The minimum atomic E-state index is -1.21. The number of benzene rings is 1. The molecule has 20 heavy (non-hydrogen) atoms. The predicted octanol–water partition coefficient (Wildman–Crippen LogP) is 1.02. The topological polar surface area (TPSA) is 118 Å². The molecular weight excluding hydrogens is 284 g/mol. The van der Waals surface area contributed by atoms with Crippen LogP contribution in [-0.4, -0.2) is 33.0 Å². The Labute approximate surface area is 118 Å². The number of para-hydroxylation sites is 1. The number of aliphatic carboxylic acids is 1. The predicted molar refractivity (Wildman–Crippen MR) is 73.4 cm³/mol. The van der Waals surface area contributed by atoms with E-state index < -0.39 is 17.9 Å². The summed E-state index contributed by atoms with van der Waals surface area (Å²) in [5.74, 6) is -1.69. The molecule has 4 N–H and O–H groups in total. The molecule has 1 aromatic carbocycles. The second-order valence-corrected chi connectivity index (χ2v) is 4.40. The summed E-state index contributed by atoms with van der Waals surface area (Å²) < 4.78 is 0.